The Labute approximate surface area is 95.6 Å². The highest BCUT2D eigenvalue weighted by Crippen LogP contribution is 2.25. The zero-order valence-corrected chi connectivity index (χ0v) is 9.68. The maximum atomic E-state index is 6.04. The zero-order chi connectivity index (χ0) is 10.7. The Bertz CT molecular complexity index is 334. The van der Waals surface area contributed by atoms with Crippen molar-refractivity contribution in [2.45, 2.75) is 25.8 Å². The van der Waals surface area contributed by atoms with Crippen LogP contribution in [0.4, 0.5) is 0 Å². The second-order valence-corrected chi connectivity index (χ2v) is 4.45. The summed E-state index contributed by atoms with van der Waals surface area (Å²) >= 11 is 6.04. The van der Waals surface area contributed by atoms with Crippen LogP contribution < -0.4 is 10.1 Å². The van der Waals surface area contributed by atoms with Crippen LogP contribution in [0.25, 0.3) is 0 Å². The molecule has 1 fully saturated rings. The first kappa shape index (κ1) is 10.8. The standard InChI is InChI=1S/C12H16ClNO/c1-9-4-5-11(13)12(7-9)15-8-10-3-2-6-14-10/h4-5,7,10,14H,2-3,6,8H2,1H3/t10-/m0/s1. The first-order valence-electron chi connectivity index (χ1n) is 5.38. The fourth-order valence-electron chi connectivity index (χ4n) is 1.81. The topological polar surface area (TPSA) is 21.3 Å². The molecule has 1 heterocycles. The number of nitrogens with one attached hydrogen (secondary N) is 1. The Morgan fingerprint density at radius 3 is 3.13 bits per heavy atom. The number of ether oxygens (including phenoxy) is 1. The number of rotatable bonds is 3. The molecule has 1 atom stereocenters. The summed E-state index contributed by atoms with van der Waals surface area (Å²) in [6.45, 7) is 3.86. The monoisotopic (exact) mass is 225 g/mol. The minimum absolute atomic E-state index is 0.488. The molecule has 0 aliphatic carbocycles. The molecule has 1 saturated heterocycles. The summed E-state index contributed by atoms with van der Waals surface area (Å²) in [6.07, 6.45) is 2.44. The molecule has 0 unspecified atom stereocenters. The van der Waals surface area contributed by atoms with Gasteiger partial charge in [-0.25, -0.2) is 0 Å². The average Bonchev–Trinajstić information content (AvgIpc) is 2.72. The van der Waals surface area contributed by atoms with Crippen LogP contribution in [0.1, 0.15) is 18.4 Å². The molecule has 2 rings (SSSR count). The van der Waals surface area contributed by atoms with E-state index in [0.29, 0.717) is 17.7 Å². The zero-order valence-electron chi connectivity index (χ0n) is 8.92. The van der Waals surface area contributed by atoms with E-state index in [2.05, 4.69) is 5.32 Å². The molecule has 2 nitrogen and oxygen atoms in total. The molecule has 82 valence electrons. The van der Waals surface area contributed by atoms with Gasteiger partial charge in [-0.3, -0.25) is 0 Å². The van der Waals surface area contributed by atoms with Crippen LogP contribution in [-0.4, -0.2) is 19.2 Å². The van der Waals surface area contributed by atoms with E-state index in [0.717, 1.165) is 12.3 Å². The summed E-state index contributed by atoms with van der Waals surface area (Å²) in [4.78, 5) is 0. The molecule has 0 bridgehead atoms. The van der Waals surface area contributed by atoms with Gasteiger partial charge in [0.2, 0.25) is 0 Å². The first-order valence-corrected chi connectivity index (χ1v) is 5.76. The first-order chi connectivity index (χ1) is 7.25. The Balaban J connectivity index is 1.94. The van der Waals surface area contributed by atoms with Gasteiger partial charge in [0.25, 0.3) is 0 Å². The van der Waals surface area contributed by atoms with E-state index in [1.807, 2.05) is 25.1 Å². The number of hydrogen-bond donors (Lipinski definition) is 1. The van der Waals surface area contributed by atoms with E-state index in [1.54, 1.807) is 0 Å². The van der Waals surface area contributed by atoms with E-state index < -0.39 is 0 Å². The molecular weight excluding hydrogens is 210 g/mol. The van der Waals surface area contributed by atoms with Crippen molar-refractivity contribution in [3.63, 3.8) is 0 Å². The minimum atomic E-state index is 0.488. The molecular formula is C12H16ClNO. The van der Waals surface area contributed by atoms with Crippen molar-refractivity contribution in [1.29, 1.82) is 0 Å². The Morgan fingerprint density at radius 2 is 2.40 bits per heavy atom. The number of halogens is 1. The van der Waals surface area contributed by atoms with Crippen LogP contribution in [0, 0.1) is 6.92 Å². The summed E-state index contributed by atoms with van der Waals surface area (Å²) in [5.74, 6) is 0.797. The highest BCUT2D eigenvalue weighted by Gasteiger charge is 2.14. The van der Waals surface area contributed by atoms with Crippen molar-refractivity contribution >= 4 is 11.6 Å². The van der Waals surface area contributed by atoms with E-state index >= 15 is 0 Å². The lowest BCUT2D eigenvalue weighted by Gasteiger charge is -2.13. The molecule has 1 aliphatic heterocycles. The largest absolute Gasteiger partial charge is 0.490 e. The third-order valence-corrected chi connectivity index (χ3v) is 3.00. The molecule has 1 N–H and O–H groups in total. The van der Waals surface area contributed by atoms with E-state index in [1.165, 1.54) is 18.4 Å². The summed E-state index contributed by atoms with van der Waals surface area (Å²) in [5.41, 5.74) is 1.17. The van der Waals surface area contributed by atoms with Crippen molar-refractivity contribution < 1.29 is 4.74 Å². The molecule has 0 radical (unpaired) electrons. The van der Waals surface area contributed by atoms with Gasteiger partial charge < -0.3 is 10.1 Å². The molecule has 3 heteroatoms. The predicted octanol–water partition coefficient (Wildman–Crippen LogP) is 2.78. The maximum absolute atomic E-state index is 6.04. The summed E-state index contributed by atoms with van der Waals surface area (Å²) in [7, 11) is 0. The molecule has 15 heavy (non-hydrogen) atoms. The van der Waals surface area contributed by atoms with Gasteiger partial charge in [0, 0.05) is 6.04 Å². The molecule has 0 amide bonds. The van der Waals surface area contributed by atoms with E-state index in [9.17, 15) is 0 Å². The normalized spacial score (nSPS) is 20.5. The fraction of sp³-hybridized carbons (Fsp3) is 0.500. The highest BCUT2D eigenvalue weighted by atomic mass is 35.5. The maximum Gasteiger partial charge on any atom is 0.138 e. The second-order valence-electron chi connectivity index (χ2n) is 4.04. The number of hydrogen-bond acceptors (Lipinski definition) is 2. The smallest absolute Gasteiger partial charge is 0.138 e. The predicted molar refractivity (Wildman–Crippen MR) is 62.7 cm³/mol. The SMILES string of the molecule is Cc1ccc(Cl)c(OC[C@@H]2CCCN2)c1. The van der Waals surface area contributed by atoms with Gasteiger partial charge >= 0.3 is 0 Å². The molecule has 1 aromatic carbocycles. The molecule has 0 aromatic heterocycles. The van der Waals surface area contributed by atoms with Crippen LogP contribution >= 0.6 is 11.6 Å². The molecule has 0 spiro atoms. The van der Waals surface area contributed by atoms with Gasteiger partial charge in [-0.05, 0) is 44.0 Å². The summed E-state index contributed by atoms with van der Waals surface area (Å²) < 4.78 is 5.71. The van der Waals surface area contributed by atoms with Crippen LogP contribution in [0.2, 0.25) is 5.02 Å². The molecule has 1 aliphatic rings. The van der Waals surface area contributed by atoms with Crippen LogP contribution in [-0.2, 0) is 0 Å². The van der Waals surface area contributed by atoms with Crippen molar-refractivity contribution in [3.8, 4) is 5.75 Å². The van der Waals surface area contributed by atoms with Crippen molar-refractivity contribution in [1.82, 2.24) is 5.32 Å². The minimum Gasteiger partial charge on any atom is -0.490 e. The van der Waals surface area contributed by atoms with E-state index in [4.69, 9.17) is 16.3 Å². The van der Waals surface area contributed by atoms with Gasteiger partial charge in [0.05, 0.1) is 5.02 Å². The second kappa shape index (κ2) is 4.86. The van der Waals surface area contributed by atoms with Crippen LogP contribution in [0.15, 0.2) is 18.2 Å². The van der Waals surface area contributed by atoms with Gasteiger partial charge in [-0.15, -0.1) is 0 Å². The van der Waals surface area contributed by atoms with Crippen molar-refractivity contribution in [2.24, 2.45) is 0 Å². The third kappa shape index (κ3) is 2.86. The fourth-order valence-corrected chi connectivity index (χ4v) is 1.98. The summed E-state index contributed by atoms with van der Waals surface area (Å²) in [5, 5.41) is 4.09. The van der Waals surface area contributed by atoms with Gasteiger partial charge in [-0.2, -0.15) is 0 Å². The average molecular weight is 226 g/mol. The van der Waals surface area contributed by atoms with Crippen LogP contribution in [0.3, 0.4) is 0 Å². The lowest BCUT2D eigenvalue weighted by molar-refractivity contribution is 0.277. The lowest BCUT2D eigenvalue weighted by Crippen LogP contribution is -2.28. The Morgan fingerprint density at radius 1 is 1.53 bits per heavy atom. The van der Waals surface area contributed by atoms with Gasteiger partial charge in [0.15, 0.2) is 0 Å². The van der Waals surface area contributed by atoms with Gasteiger partial charge in [-0.1, -0.05) is 17.7 Å². The van der Waals surface area contributed by atoms with Crippen LogP contribution in [0.5, 0.6) is 5.75 Å². The Kier molecular flexibility index (Phi) is 3.49. The van der Waals surface area contributed by atoms with Gasteiger partial charge in [0.1, 0.15) is 12.4 Å². The lowest BCUT2D eigenvalue weighted by atomic mass is 10.2. The molecule has 0 saturated carbocycles. The quantitative estimate of drug-likeness (QED) is 0.854. The third-order valence-electron chi connectivity index (χ3n) is 2.69. The Hall–Kier alpha value is -0.730. The number of benzene rings is 1. The highest BCUT2D eigenvalue weighted by molar-refractivity contribution is 6.32. The van der Waals surface area contributed by atoms with Crippen molar-refractivity contribution in [3.05, 3.63) is 28.8 Å². The van der Waals surface area contributed by atoms with E-state index in [-0.39, 0.29) is 0 Å². The summed E-state index contributed by atoms with van der Waals surface area (Å²) in [6, 6.07) is 6.34. The number of aryl methyl sites for hydroxylation is 1. The van der Waals surface area contributed by atoms with Crippen molar-refractivity contribution in [2.75, 3.05) is 13.2 Å². The molecule has 1 aromatic rings.